The molecule has 4 heterocycles. The second-order valence-electron chi connectivity index (χ2n) is 7.76. The molecule has 5 rings (SSSR count). The molecule has 0 saturated carbocycles. The van der Waals surface area contributed by atoms with Crippen LogP contribution in [0.3, 0.4) is 0 Å². The van der Waals surface area contributed by atoms with Gasteiger partial charge >= 0.3 is 0 Å². The van der Waals surface area contributed by atoms with Crippen molar-refractivity contribution in [1.82, 2.24) is 29.5 Å². The second kappa shape index (κ2) is 7.56. The van der Waals surface area contributed by atoms with Crippen LogP contribution in [0.15, 0.2) is 53.2 Å². The fraction of sp³-hybridized carbons (Fsp3) is 0.286. The molecular weight excluding hydrogens is 414 g/mol. The van der Waals surface area contributed by atoms with Crippen LogP contribution in [0.4, 0.5) is 11.5 Å². The number of aliphatic hydroxyl groups is 1. The summed E-state index contributed by atoms with van der Waals surface area (Å²) in [5, 5.41) is 11.4. The van der Waals surface area contributed by atoms with E-state index in [0.29, 0.717) is 24.6 Å². The van der Waals surface area contributed by atoms with Crippen LogP contribution in [0.2, 0.25) is 0 Å². The first-order chi connectivity index (χ1) is 15.0. The van der Waals surface area contributed by atoms with Crippen LogP contribution in [0.1, 0.15) is 25.1 Å². The lowest BCUT2D eigenvalue weighted by Crippen LogP contribution is -2.24. The summed E-state index contributed by atoms with van der Waals surface area (Å²) < 4.78 is 7.41. The summed E-state index contributed by atoms with van der Waals surface area (Å²) in [5.74, 6) is 0.782. The molecule has 1 aromatic carbocycles. The minimum absolute atomic E-state index is 0.368. The molecule has 0 saturated heterocycles. The normalized spacial score (nSPS) is 13.4. The Hall–Kier alpha value is -3.08. The maximum atomic E-state index is 10.6. The van der Waals surface area contributed by atoms with Crippen molar-refractivity contribution < 1.29 is 9.84 Å². The fourth-order valence-corrected chi connectivity index (χ4v) is 4.67. The monoisotopic (exact) mass is 435 g/mol. The van der Waals surface area contributed by atoms with Gasteiger partial charge in [0.1, 0.15) is 34.9 Å². The smallest absolute Gasteiger partial charge is 0.181 e. The van der Waals surface area contributed by atoms with Gasteiger partial charge in [-0.3, -0.25) is 4.90 Å². The lowest BCUT2D eigenvalue weighted by molar-refractivity contribution is 0.0751. The van der Waals surface area contributed by atoms with E-state index in [-0.39, 0.29) is 0 Å². The first-order valence-corrected chi connectivity index (χ1v) is 10.5. The van der Waals surface area contributed by atoms with Crippen LogP contribution in [0.25, 0.3) is 11.2 Å². The van der Waals surface area contributed by atoms with Crippen molar-refractivity contribution >= 4 is 34.4 Å². The molecule has 0 unspecified atom stereocenters. The molecule has 0 bridgehead atoms. The Morgan fingerprint density at radius 3 is 2.74 bits per heavy atom. The molecule has 0 aliphatic carbocycles. The number of methoxy groups -OCH3 is 1. The molecule has 0 fully saturated rings. The van der Waals surface area contributed by atoms with Crippen molar-refractivity contribution in [3.63, 3.8) is 0 Å². The Labute approximate surface area is 183 Å². The molecule has 4 aromatic rings. The number of aromatic nitrogens is 6. The van der Waals surface area contributed by atoms with E-state index in [1.54, 1.807) is 51.4 Å². The van der Waals surface area contributed by atoms with Crippen molar-refractivity contribution in [2.24, 2.45) is 0 Å². The van der Waals surface area contributed by atoms with Gasteiger partial charge in [-0.05, 0) is 31.5 Å². The van der Waals surface area contributed by atoms with E-state index in [4.69, 9.17) is 4.74 Å². The number of rotatable bonds is 5. The van der Waals surface area contributed by atoms with E-state index in [9.17, 15) is 5.11 Å². The van der Waals surface area contributed by atoms with E-state index < -0.39 is 5.60 Å². The predicted molar refractivity (Wildman–Crippen MR) is 116 cm³/mol. The molecule has 0 spiro atoms. The van der Waals surface area contributed by atoms with Crippen LogP contribution >= 0.6 is 11.8 Å². The van der Waals surface area contributed by atoms with Crippen molar-refractivity contribution in [2.75, 3.05) is 18.7 Å². The van der Waals surface area contributed by atoms with Crippen LogP contribution in [-0.4, -0.2) is 48.4 Å². The van der Waals surface area contributed by atoms with Gasteiger partial charge in [0.15, 0.2) is 11.5 Å². The van der Waals surface area contributed by atoms with Gasteiger partial charge in [-0.15, -0.1) is 0 Å². The van der Waals surface area contributed by atoms with Gasteiger partial charge < -0.3 is 14.4 Å². The average Bonchev–Trinajstić information content (AvgIpc) is 3.16. The van der Waals surface area contributed by atoms with Crippen molar-refractivity contribution in [3.8, 4) is 0 Å². The van der Waals surface area contributed by atoms with Gasteiger partial charge in [0, 0.05) is 30.9 Å². The summed E-state index contributed by atoms with van der Waals surface area (Å²) in [4.78, 5) is 25.0. The van der Waals surface area contributed by atoms with Crippen molar-refractivity contribution in [1.29, 1.82) is 0 Å². The molecule has 3 aromatic heterocycles. The summed E-state index contributed by atoms with van der Waals surface area (Å²) in [7, 11) is 1.66. The van der Waals surface area contributed by atoms with Gasteiger partial charge in [-0.25, -0.2) is 24.9 Å². The Morgan fingerprint density at radius 2 is 1.94 bits per heavy atom. The molecule has 9 nitrogen and oxygen atoms in total. The third-order valence-corrected chi connectivity index (χ3v) is 6.07. The van der Waals surface area contributed by atoms with E-state index >= 15 is 0 Å². The highest BCUT2D eigenvalue weighted by Gasteiger charge is 2.27. The van der Waals surface area contributed by atoms with E-state index in [2.05, 4.69) is 43.1 Å². The molecule has 0 amide bonds. The topological polar surface area (TPSA) is 102 Å². The van der Waals surface area contributed by atoms with Crippen LogP contribution in [0, 0.1) is 0 Å². The summed E-state index contributed by atoms with van der Waals surface area (Å²) in [6, 6.07) is 6.29. The molecule has 0 atom stereocenters. The number of anilines is 2. The number of hydrogen-bond donors (Lipinski definition) is 1. The molecule has 31 heavy (non-hydrogen) atoms. The van der Waals surface area contributed by atoms with E-state index in [0.717, 1.165) is 32.5 Å². The van der Waals surface area contributed by atoms with Crippen LogP contribution in [0.5, 0.6) is 0 Å². The van der Waals surface area contributed by atoms with Crippen LogP contribution < -0.4 is 4.90 Å². The van der Waals surface area contributed by atoms with Crippen LogP contribution in [-0.2, 0) is 16.9 Å². The lowest BCUT2D eigenvalue weighted by Gasteiger charge is -2.30. The molecular formula is C21H21N7O2S. The zero-order chi connectivity index (χ0) is 21.6. The third-order valence-electron chi connectivity index (χ3n) is 5.02. The standard InChI is InChI=1S/C21H21N7O2S/c1-21(2,29)17-16-18(25-10-24-17)26-11-27(16)9-13-4-5-15-14(8-13)28(12-30-3)19-20(31-15)23-7-6-22-19/h4-8,10-11,29H,9,12H2,1-3H3. The largest absolute Gasteiger partial charge is 0.384 e. The van der Waals surface area contributed by atoms with Crippen molar-refractivity contribution in [2.45, 2.75) is 35.9 Å². The minimum Gasteiger partial charge on any atom is -0.384 e. The minimum atomic E-state index is -1.11. The summed E-state index contributed by atoms with van der Waals surface area (Å²) in [6.45, 7) is 4.35. The van der Waals surface area contributed by atoms with E-state index in [1.807, 2.05) is 9.47 Å². The summed E-state index contributed by atoms with van der Waals surface area (Å²) in [6.07, 6.45) is 6.55. The van der Waals surface area contributed by atoms with Gasteiger partial charge in [0.25, 0.3) is 0 Å². The Morgan fingerprint density at radius 1 is 1.10 bits per heavy atom. The first-order valence-electron chi connectivity index (χ1n) is 9.72. The Balaban J connectivity index is 1.56. The van der Waals surface area contributed by atoms with Gasteiger partial charge in [0.05, 0.1) is 12.0 Å². The summed E-state index contributed by atoms with van der Waals surface area (Å²) in [5.41, 5.74) is 2.81. The highest BCUT2D eigenvalue weighted by atomic mass is 32.2. The Bertz CT molecular complexity index is 1270. The molecule has 1 aliphatic rings. The number of benzene rings is 1. The first kappa shape index (κ1) is 19.9. The molecule has 0 radical (unpaired) electrons. The third kappa shape index (κ3) is 3.52. The number of nitrogens with zero attached hydrogens (tertiary/aromatic N) is 7. The highest BCUT2D eigenvalue weighted by Crippen LogP contribution is 2.46. The Kier molecular flexibility index (Phi) is 4.84. The molecule has 1 N–H and O–H groups in total. The number of ether oxygens (including phenoxy) is 1. The molecule has 10 heteroatoms. The fourth-order valence-electron chi connectivity index (χ4n) is 3.69. The van der Waals surface area contributed by atoms with E-state index in [1.165, 1.54) is 6.33 Å². The SMILES string of the molecule is COCN1c2cc(Cn3cnc4ncnc(C(C)(C)O)c43)ccc2Sc2nccnc21. The second-order valence-corrected chi connectivity index (χ2v) is 8.79. The molecule has 158 valence electrons. The maximum absolute atomic E-state index is 10.6. The summed E-state index contributed by atoms with van der Waals surface area (Å²) >= 11 is 1.59. The quantitative estimate of drug-likeness (QED) is 0.506. The number of imidazole rings is 1. The van der Waals surface area contributed by atoms with Gasteiger partial charge in [-0.2, -0.15) is 0 Å². The highest BCUT2D eigenvalue weighted by molar-refractivity contribution is 7.99. The van der Waals surface area contributed by atoms with Gasteiger partial charge in [0.2, 0.25) is 0 Å². The maximum Gasteiger partial charge on any atom is 0.181 e. The van der Waals surface area contributed by atoms with Crippen molar-refractivity contribution in [3.05, 3.63) is 54.5 Å². The predicted octanol–water partition coefficient (Wildman–Crippen LogP) is 3.10. The zero-order valence-corrected chi connectivity index (χ0v) is 18.2. The lowest BCUT2D eigenvalue weighted by atomic mass is 10.0. The van der Waals surface area contributed by atoms with Gasteiger partial charge in [-0.1, -0.05) is 17.8 Å². The zero-order valence-electron chi connectivity index (χ0n) is 17.3. The average molecular weight is 436 g/mol. The molecule has 1 aliphatic heterocycles. The number of hydrogen-bond acceptors (Lipinski definition) is 9. The number of fused-ring (bicyclic) bond motifs is 3.